The molecule has 2 atom stereocenters. The Morgan fingerprint density at radius 1 is 1.17 bits per heavy atom. The third kappa shape index (κ3) is 4.43. The van der Waals surface area contributed by atoms with Gasteiger partial charge in [-0.15, -0.1) is 0 Å². The average molecular weight is 289 g/mol. The lowest BCUT2D eigenvalue weighted by Gasteiger charge is -2.22. The number of nitrogens with one attached hydrogen (secondary N) is 1. The fourth-order valence-corrected chi connectivity index (χ4v) is 2.13. The molecule has 0 heterocycles. The van der Waals surface area contributed by atoms with Crippen molar-refractivity contribution in [2.45, 2.75) is 26.8 Å². The second-order valence-corrected chi connectivity index (χ2v) is 5.86. The predicted molar refractivity (Wildman–Crippen MR) is 80.3 cm³/mol. The fraction of sp³-hybridized carbons (Fsp3) is 0.571. The minimum Gasteiger partial charge on any atom is -0.330 e. The molecule has 0 fully saturated rings. The largest absolute Gasteiger partial charge is 0.330 e. The van der Waals surface area contributed by atoms with Crippen LogP contribution in [0.15, 0.2) is 18.2 Å². The number of halogens is 2. The minimum absolute atomic E-state index is 0.243. The molecule has 0 amide bonds. The summed E-state index contributed by atoms with van der Waals surface area (Å²) >= 11 is 11.9. The lowest BCUT2D eigenvalue weighted by Crippen LogP contribution is -2.33. The van der Waals surface area contributed by atoms with Gasteiger partial charge in [0.05, 0.1) is 10.0 Å². The van der Waals surface area contributed by atoms with Crippen molar-refractivity contribution >= 4 is 23.2 Å². The van der Waals surface area contributed by atoms with Gasteiger partial charge in [0, 0.05) is 6.04 Å². The summed E-state index contributed by atoms with van der Waals surface area (Å²) < 4.78 is 0. The molecule has 2 unspecified atom stereocenters. The van der Waals surface area contributed by atoms with Crippen LogP contribution >= 0.6 is 23.2 Å². The summed E-state index contributed by atoms with van der Waals surface area (Å²) in [6.45, 7) is 8.13. The molecule has 0 aliphatic carbocycles. The summed E-state index contributed by atoms with van der Waals surface area (Å²) in [5, 5.41) is 4.69. The first-order valence-electron chi connectivity index (χ1n) is 6.34. The van der Waals surface area contributed by atoms with Gasteiger partial charge in [0.2, 0.25) is 0 Å². The number of hydrogen-bond acceptors (Lipinski definition) is 2. The van der Waals surface area contributed by atoms with Crippen molar-refractivity contribution < 1.29 is 0 Å². The van der Waals surface area contributed by atoms with E-state index in [2.05, 4.69) is 26.1 Å². The topological polar surface area (TPSA) is 38.0 Å². The molecule has 0 bridgehead atoms. The first-order valence-corrected chi connectivity index (χ1v) is 7.09. The number of benzene rings is 1. The van der Waals surface area contributed by atoms with Gasteiger partial charge in [0.15, 0.2) is 0 Å². The molecule has 4 heteroatoms. The summed E-state index contributed by atoms with van der Waals surface area (Å²) in [4.78, 5) is 0. The van der Waals surface area contributed by atoms with Crippen LogP contribution in [0.3, 0.4) is 0 Å². The fourth-order valence-electron chi connectivity index (χ4n) is 1.82. The molecular formula is C14H22Cl2N2. The molecule has 1 aromatic rings. The van der Waals surface area contributed by atoms with Crippen molar-refractivity contribution in [1.29, 1.82) is 0 Å². The van der Waals surface area contributed by atoms with Crippen LogP contribution in [0.2, 0.25) is 10.0 Å². The Morgan fingerprint density at radius 2 is 1.83 bits per heavy atom. The second kappa shape index (κ2) is 7.34. The van der Waals surface area contributed by atoms with Crippen molar-refractivity contribution in [1.82, 2.24) is 5.32 Å². The molecule has 1 rings (SSSR count). The van der Waals surface area contributed by atoms with Crippen molar-refractivity contribution in [2.75, 3.05) is 13.1 Å². The number of rotatable bonds is 6. The molecule has 0 saturated carbocycles. The Hall–Kier alpha value is -0.280. The van der Waals surface area contributed by atoms with Crippen LogP contribution in [-0.2, 0) is 0 Å². The van der Waals surface area contributed by atoms with Gasteiger partial charge in [-0.2, -0.15) is 0 Å². The molecule has 0 aliphatic heterocycles. The first-order chi connectivity index (χ1) is 8.45. The quantitative estimate of drug-likeness (QED) is 0.834. The van der Waals surface area contributed by atoms with Gasteiger partial charge in [-0.1, -0.05) is 43.1 Å². The third-order valence-electron chi connectivity index (χ3n) is 3.38. The molecule has 0 aliphatic rings. The van der Waals surface area contributed by atoms with Crippen molar-refractivity contribution in [3.8, 4) is 0 Å². The maximum atomic E-state index is 6.02. The van der Waals surface area contributed by atoms with E-state index in [1.54, 1.807) is 0 Å². The van der Waals surface area contributed by atoms with E-state index >= 15 is 0 Å². The Morgan fingerprint density at radius 3 is 2.33 bits per heavy atom. The van der Waals surface area contributed by atoms with E-state index in [9.17, 15) is 0 Å². The predicted octanol–water partition coefficient (Wildman–Crippen LogP) is 3.87. The highest BCUT2D eigenvalue weighted by atomic mass is 35.5. The van der Waals surface area contributed by atoms with E-state index in [1.165, 1.54) is 0 Å². The van der Waals surface area contributed by atoms with E-state index in [4.69, 9.17) is 28.9 Å². The maximum absolute atomic E-state index is 6.02. The van der Waals surface area contributed by atoms with Crippen LogP contribution in [0.1, 0.15) is 32.4 Å². The van der Waals surface area contributed by atoms with E-state index in [0.717, 1.165) is 12.1 Å². The van der Waals surface area contributed by atoms with Gasteiger partial charge in [-0.25, -0.2) is 0 Å². The van der Waals surface area contributed by atoms with Crippen molar-refractivity contribution in [2.24, 2.45) is 17.6 Å². The summed E-state index contributed by atoms with van der Waals surface area (Å²) in [7, 11) is 0. The average Bonchev–Trinajstić information content (AvgIpc) is 2.32. The van der Waals surface area contributed by atoms with E-state index in [-0.39, 0.29) is 6.04 Å². The molecule has 0 aromatic heterocycles. The zero-order valence-electron chi connectivity index (χ0n) is 11.2. The van der Waals surface area contributed by atoms with Crippen molar-refractivity contribution in [3.05, 3.63) is 33.8 Å². The van der Waals surface area contributed by atoms with Crippen LogP contribution in [0.4, 0.5) is 0 Å². The van der Waals surface area contributed by atoms with Gasteiger partial charge in [-0.05, 0) is 49.5 Å². The number of nitrogens with two attached hydrogens (primary N) is 1. The maximum Gasteiger partial charge on any atom is 0.0595 e. The monoisotopic (exact) mass is 288 g/mol. The smallest absolute Gasteiger partial charge is 0.0595 e. The molecule has 0 spiro atoms. The van der Waals surface area contributed by atoms with Gasteiger partial charge in [0.25, 0.3) is 0 Å². The van der Waals surface area contributed by atoms with Gasteiger partial charge >= 0.3 is 0 Å². The molecule has 0 radical (unpaired) electrons. The van der Waals surface area contributed by atoms with Crippen LogP contribution in [0.25, 0.3) is 0 Å². The van der Waals surface area contributed by atoms with E-state index in [0.29, 0.717) is 28.4 Å². The zero-order chi connectivity index (χ0) is 13.7. The molecule has 102 valence electrons. The molecule has 2 nitrogen and oxygen atoms in total. The Kier molecular flexibility index (Phi) is 6.44. The molecular weight excluding hydrogens is 267 g/mol. The molecule has 3 N–H and O–H groups in total. The van der Waals surface area contributed by atoms with Gasteiger partial charge < -0.3 is 11.1 Å². The van der Waals surface area contributed by atoms with Gasteiger partial charge in [0.1, 0.15) is 0 Å². The Labute approximate surface area is 120 Å². The lowest BCUT2D eigenvalue weighted by atomic mass is 9.95. The molecule has 18 heavy (non-hydrogen) atoms. The summed E-state index contributed by atoms with van der Waals surface area (Å²) in [5.41, 5.74) is 6.91. The first kappa shape index (κ1) is 15.8. The van der Waals surface area contributed by atoms with Crippen LogP contribution < -0.4 is 11.1 Å². The molecule has 0 saturated heterocycles. The summed E-state index contributed by atoms with van der Waals surface area (Å²) in [5.74, 6) is 1.08. The highest BCUT2D eigenvalue weighted by Crippen LogP contribution is 2.25. The second-order valence-electron chi connectivity index (χ2n) is 5.04. The standard InChI is InChI=1S/C14H22Cl2N2/c1-9(2)12(7-17)8-18-10(3)11-4-5-13(15)14(16)6-11/h4-6,9-10,12,18H,7-8,17H2,1-3H3. The van der Waals surface area contributed by atoms with E-state index < -0.39 is 0 Å². The van der Waals surface area contributed by atoms with Crippen molar-refractivity contribution in [3.63, 3.8) is 0 Å². The minimum atomic E-state index is 0.243. The van der Waals surface area contributed by atoms with Gasteiger partial charge in [-0.3, -0.25) is 0 Å². The molecule has 1 aromatic carbocycles. The summed E-state index contributed by atoms with van der Waals surface area (Å²) in [6, 6.07) is 5.99. The SMILES string of the molecule is CC(NCC(CN)C(C)C)c1ccc(Cl)c(Cl)c1. The summed E-state index contributed by atoms with van der Waals surface area (Å²) in [6.07, 6.45) is 0. The highest BCUT2D eigenvalue weighted by Gasteiger charge is 2.13. The van der Waals surface area contributed by atoms with Crippen LogP contribution in [-0.4, -0.2) is 13.1 Å². The lowest BCUT2D eigenvalue weighted by molar-refractivity contribution is 0.356. The van der Waals surface area contributed by atoms with E-state index in [1.807, 2.05) is 18.2 Å². The normalized spacial score (nSPS) is 14.8. The van der Waals surface area contributed by atoms with Crippen LogP contribution in [0, 0.1) is 11.8 Å². The highest BCUT2D eigenvalue weighted by molar-refractivity contribution is 6.42. The third-order valence-corrected chi connectivity index (χ3v) is 4.11. The number of hydrogen-bond donors (Lipinski definition) is 2. The zero-order valence-corrected chi connectivity index (χ0v) is 12.7. The van der Waals surface area contributed by atoms with Crippen LogP contribution in [0.5, 0.6) is 0 Å². The Bertz CT molecular complexity index is 380. The Balaban J connectivity index is 2.59.